The van der Waals surface area contributed by atoms with Crippen LogP contribution in [0, 0.1) is 6.92 Å². The largest absolute Gasteiger partial charge is 0.462 e. The lowest BCUT2D eigenvalue weighted by molar-refractivity contribution is 0.0527. The van der Waals surface area contributed by atoms with Crippen molar-refractivity contribution in [2.24, 2.45) is 0 Å². The molecule has 1 aromatic heterocycles. The van der Waals surface area contributed by atoms with Gasteiger partial charge in [0.2, 0.25) is 0 Å². The van der Waals surface area contributed by atoms with E-state index in [0.717, 1.165) is 27.9 Å². The molecule has 0 aliphatic heterocycles. The molecule has 0 N–H and O–H groups in total. The van der Waals surface area contributed by atoms with E-state index in [1.54, 1.807) is 13.1 Å². The third kappa shape index (κ3) is 3.20. The van der Waals surface area contributed by atoms with Gasteiger partial charge in [-0.05, 0) is 31.0 Å². The van der Waals surface area contributed by atoms with E-state index in [-0.39, 0.29) is 5.97 Å². The summed E-state index contributed by atoms with van der Waals surface area (Å²) in [4.78, 5) is 16.8. The fourth-order valence-corrected chi connectivity index (χ4v) is 2.69. The van der Waals surface area contributed by atoms with Crippen molar-refractivity contribution < 1.29 is 9.53 Å². The molecule has 0 spiro atoms. The Morgan fingerprint density at radius 1 is 1.00 bits per heavy atom. The Balaban J connectivity index is 2.18. The average Bonchev–Trinajstić information content (AvgIpc) is 2.62. The monoisotopic (exact) mass is 317 g/mol. The Labute approximate surface area is 142 Å². The van der Waals surface area contributed by atoms with Gasteiger partial charge in [-0.3, -0.25) is 4.98 Å². The van der Waals surface area contributed by atoms with Crippen LogP contribution in [0.25, 0.3) is 22.4 Å². The van der Waals surface area contributed by atoms with Crippen LogP contribution in [0.2, 0.25) is 0 Å². The van der Waals surface area contributed by atoms with Crippen LogP contribution in [0.4, 0.5) is 0 Å². The van der Waals surface area contributed by atoms with Crippen LogP contribution < -0.4 is 0 Å². The smallest absolute Gasteiger partial charge is 0.340 e. The molecule has 0 fully saturated rings. The highest BCUT2D eigenvalue weighted by Crippen LogP contribution is 2.30. The predicted molar refractivity (Wildman–Crippen MR) is 95.8 cm³/mol. The zero-order chi connectivity index (χ0) is 16.9. The van der Waals surface area contributed by atoms with Gasteiger partial charge in [-0.2, -0.15) is 0 Å². The third-order valence-electron chi connectivity index (χ3n) is 3.90. The number of rotatable bonds is 4. The summed E-state index contributed by atoms with van der Waals surface area (Å²) in [6.45, 7) is 4.18. The first-order chi connectivity index (χ1) is 11.7. The van der Waals surface area contributed by atoms with Crippen LogP contribution in [0.15, 0.2) is 66.9 Å². The number of nitrogens with zero attached hydrogens (tertiary/aromatic N) is 1. The maximum absolute atomic E-state index is 12.3. The zero-order valence-corrected chi connectivity index (χ0v) is 13.8. The van der Waals surface area contributed by atoms with Crippen molar-refractivity contribution in [3.8, 4) is 22.4 Å². The maximum Gasteiger partial charge on any atom is 0.340 e. The van der Waals surface area contributed by atoms with E-state index in [0.29, 0.717) is 12.2 Å². The molecule has 3 nitrogen and oxygen atoms in total. The molecule has 24 heavy (non-hydrogen) atoms. The second-order valence-corrected chi connectivity index (χ2v) is 5.52. The number of aryl methyl sites for hydroxylation is 1. The number of hydrogen-bond donors (Lipinski definition) is 0. The van der Waals surface area contributed by atoms with Gasteiger partial charge < -0.3 is 4.74 Å². The highest BCUT2D eigenvalue weighted by Gasteiger charge is 2.17. The van der Waals surface area contributed by atoms with Gasteiger partial charge in [0.05, 0.1) is 17.9 Å². The lowest BCUT2D eigenvalue weighted by Crippen LogP contribution is -2.08. The molecule has 2 aromatic carbocycles. The van der Waals surface area contributed by atoms with Crippen LogP contribution >= 0.6 is 0 Å². The molecule has 0 aliphatic carbocycles. The number of aromatic nitrogens is 1. The Morgan fingerprint density at radius 3 is 2.42 bits per heavy atom. The van der Waals surface area contributed by atoms with E-state index in [9.17, 15) is 4.79 Å². The van der Waals surface area contributed by atoms with E-state index in [1.165, 1.54) is 0 Å². The summed E-state index contributed by atoms with van der Waals surface area (Å²) < 4.78 is 5.20. The number of hydrogen-bond acceptors (Lipinski definition) is 3. The van der Waals surface area contributed by atoms with Crippen molar-refractivity contribution in [3.05, 3.63) is 78.0 Å². The number of ether oxygens (including phenoxy) is 1. The molecule has 0 unspecified atom stereocenters. The van der Waals surface area contributed by atoms with Crippen LogP contribution in [0.3, 0.4) is 0 Å². The second-order valence-electron chi connectivity index (χ2n) is 5.52. The van der Waals surface area contributed by atoms with E-state index in [1.807, 2.05) is 67.6 Å². The van der Waals surface area contributed by atoms with Crippen LogP contribution in [0.5, 0.6) is 0 Å². The normalized spacial score (nSPS) is 10.4. The summed E-state index contributed by atoms with van der Waals surface area (Å²) in [5, 5.41) is 0. The summed E-state index contributed by atoms with van der Waals surface area (Å²) in [6, 6.07) is 19.9. The van der Waals surface area contributed by atoms with Gasteiger partial charge in [0.25, 0.3) is 0 Å². The van der Waals surface area contributed by atoms with Gasteiger partial charge >= 0.3 is 5.97 Å². The van der Waals surface area contributed by atoms with Crippen LogP contribution in [-0.4, -0.2) is 17.6 Å². The Morgan fingerprint density at radius 2 is 1.71 bits per heavy atom. The van der Waals surface area contributed by atoms with E-state index in [4.69, 9.17) is 4.74 Å². The quantitative estimate of drug-likeness (QED) is 0.642. The molecule has 120 valence electrons. The van der Waals surface area contributed by atoms with E-state index >= 15 is 0 Å². The molecule has 0 saturated carbocycles. The highest BCUT2D eigenvalue weighted by molar-refractivity contribution is 5.98. The fourth-order valence-electron chi connectivity index (χ4n) is 2.69. The van der Waals surface area contributed by atoms with Crippen LogP contribution in [0.1, 0.15) is 22.8 Å². The molecule has 3 rings (SSSR count). The lowest BCUT2D eigenvalue weighted by Gasteiger charge is -2.13. The van der Waals surface area contributed by atoms with E-state index < -0.39 is 0 Å². The highest BCUT2D eigenvalue weighted by atomic mass is 16.5. The predicted octanol–water partition coefficient (Wildman–Crippen LogP) is 4.90. The number of benzene rings is 2. The van der Waals surface area contributed by atoms with Crippen molar-refractivity contribution in [2.45, 2.75) is 13.8 Å². The molecule has 0 aliphatic rings. The molecular weight excluding hydrogens is 298 g/mol. The molecule has 0 bridgehead atoms. The minimum atomic E-state index is -0.345. The first kappa shape index (κ1) is 15.9. The maximum atomic E-state index is 12.3. The van der Waals surface area contributed by atoms with Crippen molar-refractivity contribution in [1.82, 2.24) is 4.98 Å². The van der Waals surface area contributed by atoms with Gasteiger partial charge in [-0.1, -0.05) is 54.6 Å². The van der Waals surface area contributed by atoms with Gasteiger partial charge in [-0.15, -0.1) is 0 Å². The van der Waals surface area contributed by atoms with Crippen molar-refractivity contribution in [1.29, 1.82) is 0 Å². The molecule has 0 atom stereocenters. The van der Waals surface area contributed by atoms with E-state index in [2.05, 4.69) is 4.98 Å². The number of esters is 1. The zero-order valence-electron chi connectivity index (χ0n) is 13.8. The minimum Gasteiger partial charge on any atom is -0.462 e. The third-order valence-corrected chi connectivity index (χ3v) is 3.90. The van der Waals surface area contributed by atoms with Crippen molar-refractivity contribution in [3.63, 3.8) is 0 Å². The fraction of sp³-hybridized carbons (Fsp3) is 0.143. The van der Waals surface area contributed by atoms with Crippen LogP contribution in [-0.2, 0) is 4.74 Å². The number of carbonyl (C=O) groups excluding carboxylic acids is 1. The average molecular weight is 317 g/mol. The second kappa shape index (κ2) is 7.09. The molecule has 0 radical (unpaired) electrons. The topological polar surface area (TPSA) is 39.2 Å². The van der Waals surface area contributed by atoms with Crippen molar-refractivity contribution >= 4 is 5.97 Å². The first-order valence-corrected chi connectivity index (χ1v) is 7.99. The van der Waals surface area contributed by atoms with Gasteiger partial charge in [0.15, 0.2) is 0 Å². The Hall–Kier alpha value is -2.94. The number of pyridine rings is 1. The summed E-state index contributed by atoms with van der Waals surface area (Å²) in [5.74, 6) is -0.345. The molecule has 0 saturated heterocycles. The number of carbonyl (C=O) groups is 1. The van der Waals surface area contributed by atoms with Gasteiger partial charge in [0, 0.05) is 17.3 Å². The molecule has 3 heteroatoms. The van der Waals surface area contributed by atoms with Gasteiger partial charge in [-0.25, -0.2) is 4.79 Å². The molecule has 1 heterocycles. The SMILES string of the molecule is CCOC(=O)c1cnc(-c2ccccc2)cc1-c1ccccc1C. The van der Waals surface area contributed by atoms with Crippen molar-refractivity contribution in [2.75, 3.05) is 6.61 Å². The molecule has 0 amide bonds. The molecular formula is C21H19NO2. The molecule has 3 aromatic rings. The standard InChI is InChI=1S/C21H19NO2/c1-3-24-21(23)19-14-22-20(16-10-5-4-6-11-16)13-18(19)17-12-8-7-9-15(17)2/h4-14H,3H2,1-2H3. The summed E-state index contributed by atoms with van der Waals surface area (Å²) in [5.41, 5.74) is 5.31. The summed E-state index contributed by atoms with van der Waals surface area (Å²) in [6.07, 6.45) is 1.61. The van der Waals surface area contributed by atoms with Gasteiger partial charge in [0.1, 0.15) is 0 Å². The lowest BCUT2D eigenvalue weighted by atomic mass is 9.95. The minimum absolute atomic E-state index is 0.340. The summed E-state index contributed by atoms with van der Waals surface area (Å²) in [7, 11) is 0. The first-order valence-electron chi connectivity index (χ1n) is 7.99. The Kier molecular flexibility index (Phi) is 4.71. The summed E-state index contributed by atoms with van der Waals surface area (Å²) >= 11 is 0. The Bertz CT molecular complexity index is 857.